The fourth-order valence-electron chi connectivity index (χ4n) is 3.42. The predicted molar refractivity (Wildman–Crippen MR) is 95.1 cm³/mol. The van der Waals surface area contributed by atoms with Crippen LogP contribution in [-0.4, -0.2) is 46.2 Å². The summed E-state index contributed by atoms with van der Waals surface area (Å²) in [6.07, 6.45) is 0.447. The number of rotatable bonds is 6. The lowest BCUT2D eigenvalue weighted by molar-refractivity contribution is -0.141. The Kier molecular flexibility index (Phi) is 6.15. The number of nitrogens with zero attached hydrogens (tertiary/aromatic N) is 3. The number of imidazole rings is 1. The third-order valence-corrected chi connectivity index (χ3v) is 4.71. The molecule has 1 N–H and O–H groups in total. The van der Waals surface area contributed by atoms with E-state index in [1.165, 1.54) is 12.4 Å². The molecule has 1 aliphatic heterocycles. The second-order valence-corrected chi connectivity index (χ2v) is 6.91. The van der Waals surface area contributed by atoms with E-state index in [1.54, 1.807) is 12.1 Å². The van der Waals surface area contributed by atoms with Gasteiger partial charge in [0.05, 0.1) is 6.54 Å². The van der Waals surface area contributed by atoms with Crippen molar-refractivity contribution in [2.75, 3.05) is 19.6 Å². The van der Waals surface area contributed by atoms with Gasteiger partial charge in [-0.2, -0.15) is 13.2 Å². The first-order chi connectivity index (χ1) is 12.9. The number of halogens is 3. The number of carbonyl (C=O) groups excluding carboxylic acids is 1. The Labute approximate surface area is 156 Å². The molecule has 3 rings (SSSR count). The van der Waals surface area contributed by atoms with Crippen molar-refractivity contribution < 1.29 is 18.0 Å². The van der Waals surface area contributed by atoms with Gasteiger partial charge in [-0.3, -0.25) is 9.69 Å². The van der Waals surface area contributed by atoms with Crippen molar-refractivity contribution in [3.05, 3.63) is 54.1 Å². The number of aromatic nitrogens is 2. The molecule has 1 fully saturated rings. The highest BCUT2D eigenvalue weighted by Gasteiger charge is 2.29. The van der Waals surface area contributed by atoms with Crippen molar-refractivity contribution in [2.45, 2.75) is 32.1 Å². The summed E-state index contributed by atoms with van der Waals surface area (Å²) in [5, 5.41) is 2.96. The van der Waals surface area contributed by atoms with E-state index < -0.39 is 12.7 Å². The lowest BCUT2D eigenvalue weighted by atomic mass is 9.98. The van der Waals surface area contributed by atoms with Crippen molar-refractivity contribution in [1.82, 2.24) is 19.8 Å². The number of amides is 1. The molecule has 1 aliphatic rings. The number of nitrogens with one attached hydrogen (secondary N) is 1. The van der Waals surface area contributed by atoms with Gasteiger partial charge < -0.3 is 9.88 Å². The number of carbonyl (C=O) groups is 1. The maximum absolute atomic E-state index is 12.7. The third kappa shape index (κ3) is 5.82. The molecule has 1 saturated heterocycles. The van der Waals surface area contributed by atoms with Crippen LogP contribution in [0.1, 0.15) is 29.0 Å². The summed E-state index contributed by atoms with van der Waals surface area (Å²) >= 11 is 0. The minimum absolute atomic E-state index is 0.103. The van der Waals surface area contributed by atoms with Crippen molar-refractivity contribution in [3.8, 4) is 0 Å². The maximum atomic E-state index is 12.7. The van der Waals surface area contributed by atoms with Gasteiger partial charge >= 0.3 is 6.18 Å². The van der Waals surface area contributed by atoms with Crippen LogP contribution in [0.25, 0.3) is 0 Å². The Balaban J connectivity index is 1.51. The highest BCUT2D eigenvalue weighted by atomic mass is 19.4. The molecule has 0 bridgehead atoms. The Morgan fingerprint density at radius 2 is 2.04 bits per heavy atom. The van der Waals surface area contributed by atoms with Gasteiger partial charge in [-0.25, -0.2) is 4.98 Å². The average Bonchev–Trinajstić information content (AvgIpc) is 3.05. The van der Waals surface area contributed by atoms with Crippen molar-refractivity contribution in [2.24, 2.45) is 5.92 Å². The zero-order chi connectivity index (χ0) is 19.3. The fourth-order valence-corrected chi connectivity index (χ4v) is 3.42. The minimum atomic E-state index is -4.26. The maximum Gasteiger partial charge on any atom is 0.406 e. The van der Waals surface area contributed by atoms with Crippen LogP contribution >= 0.6 is 0 Å². The largest absolute Gasteiger partial charge is 0.406 e. The molecule has 5 nitrogen and oxygen atoms in total. The Hall–Kier alpha value is -2.35. The first-order valence-electron chi connectivity index (χ1n) is 9.03. The Morgan fingerprint density at radius 1 is 1.26 bits per heavy atom. The van der Waals surface area contributed by atoms with Crippen LogP contribution in [0.3, 0.4) is 0 Å². The Bertz CT molecular complexity index is 745. The number of benzene rings is 1. The quantitative estimate of drug-likeness (QED) is 0.838. The Morgan fingerprint density at radius 3 is 2.78 bits per heavy atom. The number of hydrogen-bond donors (Lipinski definition) is 1. The summed E-state index contributed by atoms with van der Waals surface area (Å²) in [7, 11) is 0. The molecule has 0 spiro atoms. The first kappa shape index (κ1) is 19.4. The number of hydrogen-bond acceptors (Lipinski definition) is 3. The van der Waals surface area contributed by atoms with E-state index in [9.17, 15) is 18.0 Å². The summed E-state index contributed by atoms with van der Waals surface area (Å²) in [6.45, 7) is 1.47. The molecular formula is C19H23F3N4O. The van der Waals surface area contributed by atoms with Gasteiger partial charge in [-0.15, -0.1) is 0 Å². The zero-order valence-electron chi connectivity index (χ0n) is 15.0. The van der Waals surface area contributed by atoms with Gasteiger partial charge in [-0.1, -0.05) is 18.2 Å². The minimum Gasteiger partial charge on any atom is -0.352 e. The molecule has 1 aromatic heterocycles. The smallest absolute Gasteiger partial charge is 0.352 e. The fraction of sp³-hybridized carbons (Fsp3) is 0.474. The summed E-state index contributed by atoms with van der Waals surface area (Å²) in [6, 6.07) is 9.03. The van der Waals surface area contributed by atoms with Crippen molar-refractivity contribution in [1.29, 1.82) is 0 Å². The molecule has 8 heteroatoms. The van der Waals surface area contributed by atoms with E-state index in [0.717, 1.165) is 30.5 Å². The van der Waals surface area contributed by atoms with Gasteiger partial charge in [0.15, 0.2) is 0 Å². The molecule has 2 aromatic rings. The summed E-state index contributed by atoms with van der Waals surface area (Å²) < 4.78 is 39.1. The van der Waals surface area contributed by atoms with Crippen molar-refractivity contribution >= 4 is 5.91 Å². The van der Waals surface area contributed by atoms with E-state index in [1.807, 2.05) is 18.2 Å². The summed E-state index contributed by atoms with van der Waals surface area (Å²) in [4.78, 5) is 18.4. The van der Waals surface area contributed by atoms with E-state index in [2.05, 4.69) is 15.2 Å². The SMILES string of the molecule is O=C(NCC1CCCN(Cc2nccn2CC(F)(F)F)C1)c1ccccc1. The molecule has 1 unspecified atom stereocenters. The van der Waals surface area contributed by atoms with Crippen LogP contribution in [-0.2, 0) is 13.1 Å². The van der Waals surface area contributed by atoms with Gasteiger partial charge in [0.25, 0.3) is 5.91 Å². The van der Waals surface area contributed by atoms with Gasteiger partial charge in [0.2, 0.25) is 0 Å². The van der Waals surface area contributed by atoms with E-state index in [0.29, 0.717) is 24.5 Å². The number of alkyl halides is 3. The van der Waals surface area contributed by atoms with Crippen molar-refractivity contribution in [3.63, 3.8) is 0 Å². The van der Waals surface area contributed by atoms with Crippen LogP contribution in [0.5, 0.6) is 0 Å². The van der Waals surface area contributed by atoms with Gasteiger partial charge in [0.1, 0.15) is 12.4 Å². The van der Waals surface area contributed by atoms with Crippen LogP contribution < -0.4 is 5.32 Å². The van der Waals surface area contributed by atoms with Crippen LogP contribution in [0, 0.1) is 5.92 Å². The standard InChI is InChI=1S/C19H23F3N4O/c20-19(21,22)14-26-10-8-23-17(26)13-25-9-4-5-15(12-25)11-24-18(27)16-6-2-1-3-7-16/h1-3,6-8,10,15H,4-5,9,11-14H2,(H,24,27). The average molecular weight is 380 g/mol. The van der Waals surface area contributed by atoms with Gasteiger partial charge in [0, 0.05) is 31.0 Å². The second kappa shape index (κ2) is 8.56. The summed E-state index contributed by atoms with van der Waals surface area (Å²) in [5.41, 5.74) is 0.624. The molecular weight excluding hydrogens is 357 g/mol. The van der Waals surface area contributed by atoms with Crippen LogP contribution in [0.2, 0.25) is 0 Å². The molecule has 0 saturated carbocycles. The second-order valence-electron chi connectivity index (χ2n) is 6.91. The summed E-state index contributed by atoms with van der Waals surface area (Å²) in [5.74, 6) is 0.590. The highest BCUT2D eigenvalue weighted by Crippen LogP contribution is 2.21. The molecule has 1 atom stereocenters. The van der Waals surface area contributed by atoms with E-state index in [4.69, 9.17) is 0 Å². The molecule has 0 aliphatic carbocycles. The number of piperidine rings is 1. The lowest BCUT2D eigenvalue weighted by Crippen LogP contribution is -2.41. The number of likely N-dealkylation sites (tertiary alicyclic amines) is 1. The monoisotopic (exact) mass is 380 g/mol. The topological polar surface area (TPSA) is 50.2 Å². The van der Waals surface area contributed by atoms with Gasteiger partial charge in [-0.05, 0) is 37.4 Å². The molecule has 2 heterocycles. The molecule has 1 aromatic carbocycles. The lowest BCUT2D eigenvalue weighted by Gasteiger charge is -2.32. The van der Waals surface area contributed by atoms with E-state index >= 15 is 0 Å². The molecule has 27 heavy (non-hydrogen) atoms. The highest BCUT2D eigenvalue weighted by molar-refractivity contribution is 5.94. The van der Waals surface area contributed by atoms with E-state index in [-0.39, 0.29) is 11.8 Å². The molecule has 146 valence electrons. The molecule has 0 radical (unpaired) electrons. The normalized spacial score (nSPS) is 18.4. The first-order valence-corrected chi connectivity index (χ1v) is 9.03. The molecule has 1 amide bonds. The zero-order valence-corrected chi connectivity index (χ0v) is 15.0. The van der Waals surface area contributed by atoms with Crippen LogP contribution in [0.4, 0.5) is 13.2 Å². The van der Waals surface area contributed by atoms with Crippen LogP contribution in [0.15, 0.2) is 42.7 Å². The third-order valence-electron chi connectivity index (χ3n) is 4.71. The predicted octanol–water partition coefficient (Wildman–Crippen LogP) is 3.09.